The molecule has 0 aromatic carbocycles. The van der Waals surface area contributed by atoms with E-state index < -0.39 is 86.8 Å². The van der Waals surface area contributed by atoms with Crippen LogP contribution in [0.3, 0.4) is 0 Å². The van der Waals surface area contributed by atoms with Gasteiger partial charge < -0.3 is 65.1 Å². The van der Waals surface area contributed by atoms with Gasteiger partial charge in [0.2, 0.25) is 5.91 Å². The highest BCUT2D eigenvalue weighted by molar-refractivity contribution is 5.75. The van der Waals surface area contributed by atoms with Crippen LogP contribution in [0.15, 0.2) is 36.5 Å². The van der Waals surface area contributed by atoms with Gasteiger partial charge in [-0.25, -0.2) is 0 Å². The van der Waals surface area contributed by atoms with Crippen LogP contribution >= 0.6 is 0 Å². The average molecular weight is 704 g/mol. The maximum atomic E-state index is 12.2. The SMILES string of the molecule is CCCCCCC/C=C/CC/C=C/CC/C=C/C(O)C(COC1OC(CO)C(OC2OC(CO)C(O)C(O)C2O)C(O)C1O)NC(=O)CC. The molecular formula is C35H61NO13. The summed E-state index contributed by atoms with van der Waals surface area (Å²) >= 11 is 0. The number of hydrogen-bond acceptors (Lipinski definition) is 13. The van der Waals surface area contributed by atoms with E-state index in [1.807, 2.05) is 0 Å². The number of aliphatic hydroxyl groups is 8. The van der Waals surface area contributed by atoms with Crippen molar-refractivity contribution < 1.29 is 64.6 Å². The van der Waals surface area contributed by atoms with E-state index >= 15 is 0 Å². The number of hydrogen-bond donors (Lipinski definition) is 9. The van der Waals surface area contributed by atoms with Gasteiger partial charge in [-0.1, -0.05) is 76.0 Å². The van der Waals surface area contributed by atoms with Crippen LogP contribution in [0.5, 0.6) is 0 Å². The molecule has 0 radical (unpaired) electrons. The highest BCUT2D eigenvalue weighted by Gasteiger charge is 2.50. The molecule has 14 heteroatoms. The number of aliphatic hydroxyl groups excluding tert-OH is 8. The Kier molecular flexibility index (Phi) is 21.6. The van der Waals surface area contributed by atoms with Crippen molar-refractivity contribution in [2.24, 2.45) is 0 Å². The van der Waals surface area contributed by atoms with Crippen molar-refractivity contribution in [1.82, 2.24) is 5.32 Å². The molecule has 0 spiro atoms. The fraction of sp³-hybridized carbons (Fsp3) is 0.800. The van der Waals surface area contributed by atoms with Crippen LogP contribution in [0.2, 0.25) is 0 Å². The van der Waals surface area contributed by atoms with Crippen LogP contribution in [0.1, 0.15) is 84.5 Å². The van der Waals surface area contributed by atoms with Gasteiger partial charge in [-0.2, -0.15) is 0 Å². The van der Waals surface area contributed by atoms with Crippen molar-refractivity contribution in [2.45, 2.75) is 158 Å². The standard InChI is InChI=1S/C35H61NO13/c1-3-5-6-7-8-9-10-11-12-13-14-15-16-17-18-19-24(39)23(36-27(40)4-2)22-46-34-32(45)30(43)33(26(21-38)48-34)49-35-31(44)29(42)28(41)25(20-37)47-35/h10-11,14-15,18-19,23-26,28-35,37-39,41-45H,3-9,12-13,16-17,20-22H2,1-2H3,(H,36,40)/b11-10+,15-14+,19-18+. The van der Waals surface area contributed by atoms with Crippen LogP contribution in [0, 0.1) is 0 Å². The van der Waals surface area contributed by atoms with E-state index in [2.05, 4.69) is 36.5 Å². The molecule has 0 aromatic rings. The van der Waals surface area contributed by atoms with Crippen LogP contribution in [-0.4, -0.2) is 140 Å². The summed E-state index contributed by atoms with van der Waals surface area (Å²) in [5.74, 6) is -0.346. The van der Waals surface area contributed by atoms with E-state index in [9.17, 15) is 45.6 Å². The lowest BCUT2D eigenvalue weighted by Crippen LogP contribution is -2.65. The first-order chi connectivity index (χ1) is 23.6. The number of nitrogens with one attached hydrogen (secondary N) is 1. The van der Waals surface area contributed by atoms with Crippen LogP contribution in [0.4, 0.5) is 0 Å². The van der Waals surface area contributed by atoms with E-state index in [1.54, 1.807) is 19.1 Å². The minimum atomic E-state index is -1.79. The monoisotopic (exact) mass is 703 g/mol. The van der Waals surface area contributed by atoms with Crippen LogP contribution < -0.4 is 5.32 Å². The van der Waals surface area contributed by atoms with E-state index in [0.29, 0.717) is 6.42 Å². The minimum absolute atomic E-state index is 0.150. The van der Waals surface area contributed by atoms with Crippen molar-refractivity contribution in [3.8, 4) is 0 Å². The molecule has 49 heavy (non-hydrogen) atoms. The van der Waals surface area contributed by atoms with Crippen molar-refractivity contribution in [3.05, 3.63) is 36.5 Å². The van der Waals surface area contributed by atoms with E-state index in [4.69, 9.17) is 18.9 Å². The normalized spacial score (nSPS) is 32.3. The predicted molar refractivity (Wildman–Crippen MR) is 180 cm³/mol. The Morgan fingerprint density at radius 3 is 1.90 bits per heavy atom. The van der Waals surface area contributed by atoms with Crippen LogP contribution in [0.25, 0.3) is 0 Å². The minimum Gasteiger partial charge on any atom is -0.394 e. The van der Waals surface area contributed by atoms with Crippen molar-refractivity contribution in [1.29, 1.82) is 0 Å². The zero-order valence-electron chi connectivity index (χ0n) is 28.9. The van der Waals surface area contributed by atoms with Gasteiger partial charge in [0.25, 0.3) is 0 Å². The highest BCUT2D eigenvalue weighted by atomic mass is 16.7. The molecule has 14 nitrogen and oxygen atoms in total. The third-order valence-corrected chi connectivity index (χ3v) is 8.62. The van der Waals surface area contributed by atoms with Gasteiger partial charge in [0.05, 0.1) is 32.0 Å². The summed E-state index contributed by atoms with van der Waals surface area (Å²) in [6, 6.07) is -0.929. The first kappa shape index (κ1) is 43.4. The summed E-state index contributed by atoms with van der Waals surface area (Å²) in [5.41, 5.74) is 0. The van der Waals surface area contributed by atoms with Gasteiger partial charge in [-0.05, 0) is 38.5 Å². The molecule has 2 rings (SSSR count). The lowest BCUT2D eigenvalue weighted by Gasteiger charge is -2.46. The molecule has 2 heterocycles. The van der Waals surface area contributed by atoms with Gasteiger partial charge >= 0.3 is 0 Å². The van der Waals surface area contributed by atoms with E-state index in [-0.39, 0.29) is 18.9 Å². The molecule has 2 aliphatic rings. The number of allylic oxidation sites excluding steroid dienone is 5. The second kappa shape index (κ2) is 24.4. The highest BCUT2D eigenvalue weighted by Crippen LogP contribution is 2.29. The first-order valence-corrected chi connectivity index (χ1v) is 17.7. The summed E-state index contributed by atoms with van der Waals surface area (Å²) in [6.07, 6.45) is 6.14. The Morgan fingerprint density at radius 2 is 1.29 bits per heavy atom. The summed E-state index contributed by atoms with van der Waals surface area (Å²) in [5, 5.41) is 84.8. The number of amides is 1. The van der Waals surface area contributed by atoms with Crippen molar-refractivity contribution in [3.63, 3.8) is 0 Å². The fourth-order valence-electron chi connectivity index (χ4n) is 5.52. The van der Waals surface area contributed by atoms with E-state index in [0.717, 1.165) is 25.7 Å². The quantitative estimate of drug-likeness (QED) is 0.0522. The molecular weight excluding hydrogens is 642 g/mol. The van der Waals surface area contributed by atoms with Crippen LogP contribution in [-0.2, 0) is 23.7 Å². The fourth-order valence-corrected chi connectivity index (χ4v) is 5.52. The second-order valence-electron chi connectivity index (χ2n) is 12.6. The summed E-state index contributed by atoms with van der Waals surface area (Å²) < 4.78 is 22.2. The zero-order valence-corrected chi connectivity index (χ0v) is 28.9. The molecule has 0 saturated carbocycles. The molecule has 1 amide bonds. The number of unbranched alkanes of at least 4 members (excludes halogenated alkanes) is 7. The topological polar surface area (TPSA) is 228 Å². The lowest BCUT2D eigenvalue weighted by molar-refractivity contribution is -0.359. The Balaban J connectivity index is 1.86. The summed E-state index contributed by atoms with van der Waals surface area (Å²) in [4.78, 5) is 12.2. The third kappa shape index (κ3) is 14.8. The molecule has 0 bridgehead atoms. The zero-order chi connectivity index (χ0) is 36.2. The Labute approximate surface area is 290 Å². The number of carbonyl (C=O) groups is 1. The summed E-state index contributed by atoms with van der Waals surface area (Å²) in [7, 11) is 0. The Hall–Kier alpha value is -1.79. The molecule has 2 fully saturated rings. The molecule has 284 valence electrons. The number of ether oxygens (including phenoxy) is 4. The average Bonchev–Trinajstić information content (AvgIpc) is 3.10. The largest absolute Gasteiger partial charge is 0.394 e. The first-order valence-electron chi connectivity index (χ1n) is 17.7. The molecule has 0 aromatic heterocycles. The Bertz CT molecular complexity index is 977. The molecule has 2 saturated heterocycles. The predicted octanol–water partition coefficient (Wildman–Crippen LogP) is 0.472. The van der Waals surface area contributed by atoms with Gasteiger partial charge in [0.15, 0.2) is 12.6 Å². The third-order valence-electron chi connectivity index (χ3n) is 8.62. The molecule has 9 N–H and O–H groups in total. The lowest BCUT2D eigenvalue weighted by atomic mass is 9.97. The van der Waals surface area contributed by atoms with Gasteiger partial charge in [0, 0.05) is 6.42 Å². The number of rotatable bonds is 23. The number of carbonyl (C=O) groups excluding carboxylic acids is 1. The van der Waals surface area contributed by atoms with E-state index in [1.165, 1.54) is 32.1 Å². The van der Waals surface area contributed by atoms with Gasteiger partial charge in [0.1, 0.15) is 48.8 Å². The van der Waals surface area contributed by atoms with Gasteiger partial charge in [-0.15, -0.1) is 0 Å². The summed E-state index contributed by atoms with van der Waals surface area (Å²) in [6.45, 7) is 2.11. The second-order valence-corrected chi connectivity index (χ2v) is 12.6. The Morgan fingerprint density at radius 1 is 0.714 bits per heavy atom. The maximum absolute atomic E-state index is 12.2. The van der Waals surface area contributed by atoms with Gasteiger partial charge in [-0.3, -0.25) is 4.79 Å². The smallest absolute Gasteiger partial charge is 0.220 e. The molecule has 12 unspecified atom stereocenters. The van der Waals surface area contributed by atoms with Crippen molar-refractivity contribution >= 4 is 5.91 Å². The molecule has 12 atom stereocenters. The maximum Gasteiger partial charge on any atom is 0.220 e. The van der Waals surface area contributed by atoms with Crippen molar-refractivity contribution in [2.75, 3.05) is 19.8 Å². The molecule has 2 aliphatic heterocycles. The molecule has 0 aliphatic carbocycles.